The summed E-state index contributed by atoms with van der Waals surface area (Å²) >= 11 is 0. The van der Waals surface area contributed by atoms with E-state index in [0.717, 1.165) is 0 Å². The number of carbonyl (C=O) groups is 2. The van der Waals surface area contributed by atoms with Crippen molar-refractivity contribution in [2.24, 2.45) is 5.41 Å². The van der Waals surface area contributed by atoms with E-state index in [1.807, 2.05) is 20.8 Å². The lowest BCUT2D eigenvalue weighted by molar-refractivity contribution is -0.135. The van der Waals surface area contributed by atoms with E-state index in [9.17, 15) is 9.59 Å². The van der Waals surface area contributed by atoms with Crippen LogP contribution in [0, 0.1) is 16.7 Å². The van der Waals surface area contributed by atoms with Gasteiger partial charge in [0.25, 0.3) is 0 Å². The monoisotopic (exact) mass is 301 g/mol. The first kappa shape index (κ1) is 17.2. The van der Waals surface area contributed by atoms with E-state index in [1.165, 1.54) is 13.3 Å². The zero-order valence-electron chi connectivity index (χ0n) is 13.1. The predicted molar refractivity (Wildman–Crippen MR) is 83.9 cm³/mol. The maximum absolute atomic E-state index is 11.9. The highest BCUT2D eigenvalue weighted by atomic mass is 16.5. The number of nitriles is 1. The number of hydrogen-bond donors (Lipinski definition) is 2. The lowest BCUT2D eigenvalue weighted by Crippen LogP contribution is -2.27. The normalized spacial score (nSPS) is 11.3. The molecule has 0 bridgehead atoms. The number of hydrogen-bond acceptors (Lipinski definition) is 5. The van der Waals surface area contributed by atoms with Gasteiger partial charge in [0.05, 0.1) is 7.11 Å². The Hall–Kier alpha value is -2.81. The first-order valence-electron chi connectivity index (χ1n) is 6.64. The fraction of sp³-hybridized carbons (Fsp3) is 0.312. The number of benzene rings is 1. The van der Waals surface area contributed by atoms with Crippen LogP contribution >= 0.6 is 0 Å². The van der Waals surface area contributed by atoms with Crippen LogP contribution in [0.2, 0.25) is 0 Å². The van der Waals surface area contributed by atoms with E-state index in [4.69, 9.17) is 5.26 Å². The molecular formula is C16H19N3O3. The van der Waals surface area contributed by atoms with E-state index in [-0.39, 0.29) is 11.5 Å². The molecule has 2 N–H and O–H groups in total. The molecule has 1 aromatic carbocycles. The molecule has 0 atom stereocenters. The number of amides is 1. The van der Waals surface area contributed by atoms with Gasteiger partial charge in [0.2, 0.25) is 5.91 Å². The van der Waals surface area contributed by atoms with Crippen molar-refractivity contribution in [3.05, 3.63) is 36.0 Å². The summed E-state index contributed by atoms with van der Waals surface area (Å²) in [6, 6.07) is 8.69. The second-order valence-corrected chi connectivity index (χ2v) is 5.59. The molecular weight excluding hydrogens is 282 g/mol. The Morgan fingerprint density at radius 1 is 1.27 bits per heavy atom. The molecule has 0 aliphatic carbocycles. The summed E-state index contributed by atoms with van der Waals surface area (Å²) < 4.78 is 4.48. The van der Waals surface area contributed by atoms with E-state index < -0.39 is 11.4 Å². The molecule has 0 aliphatic heterocycles. The van der Waals surface area contributed by atoms with E-state index >= 15 is 0 Å². The molecule has 1 aromatic rings. The summed E-state index contributed by atoms with van der Waals surface area (Å²) in [5.74, 6) is -0.820. The minimum Gasteiger partial charge on any atom is -0.465 e. The maximum Gasteiger partial charge on any atom is 0.350 e. The van der Waals surface area contributed by atoms with Crippen LogP contribution in [-0.2, 0) is 14.3 Å². The highest BCUT2D eigenvalue weighted by molar-refractivity contribution is 5.95. The second kappa shape index (κ2) is 7.27. The topological polar surface area (TPSA) is 91.2 Å². The zero-order chi connectivity index (χ0) is 16.8. The number of esters is 1. The summed E-state index contributed by atoms with van der Waals surface area (Å²) in [5, 5.41) is 14.5. The van der Waals surface area contributed by atoms with Gasteiger partial charge in [0.15, 0.2) is 5.57 Å². The molecule has 0 aromatic heterocycles. The Kier molecular flexibility index (Phi) is 5.70. The van der Waals surface area contributed by atoms with Gasteiger partial charge in [-0.05, 0) is 18.2 Å². The summed E-state index contributed by atoms with van der Waals surface area (Å²) in [5.41, 5.74) is 0.604. The molecule has 116 valence electrons. The third kappa shape index (κ3) is 4.94. The molecule has 0 aliphatic rings. The highest BCUT2D eigenvalue weighted by Crippen LogP contribution is 2.20. The summed E-state index contributed by atoms with van der Waals surface area (Å²) in [4.78, 5) is 23.2. The minimum atomic E-state index is -0.716. The number of rotatable bonds is 4. The van der Waals surface area contributed by atoms with Crippen LogP contribution in [0.3, 0.4) is 0 Å². The second-order valence-electron chi connectivity index (χ2n) is 5.59. The number of anilines is 2. The van der Waals surface area contributed by atoms with Crippen LogP contribution < -0.4 is 10.6 Å². The van der Waals surface area contributed by atoms with Gasteiger partial charge < -0.3 is 15.4 Å². The molecule has 1 amide bonds. The lowest BCUT2D eigenvalue weighted by Gasteiger charge is -2.18. The van der Waals surface area contributed by atoms with Crippen LogP contribution in [0.4, 0.5) is 11.4 Å². The lowest BCUT2D eigenvalue weighted by atomic mass is 9.95. The Balaban J connectivity index is 2.85. The van der Waals surface area contributed by atoms with Crippen molar-refractivity contribution < 1.29 is 14.3 Å². The molecule has 6 nitrogen and oxygen atoms in total. The van der Waals surface area contributed by atoms with Crippen LogP contribution in [0.25, 0.3) is 0 Å². The van der Waals surface area contributed by atoms with Crippen LogP contribution in [0.15, 0.2) is 36.0 Å². The third-order valence-electron chi connectivity index (χ3n) is 2.71. The largest absolute Gasteiger partial charge is 0.465 e. The van der Waals surface area contributed by atoms with Gasteiger partial charge in [-0.3, -0.25) is 4.79 Å². The van der Waals surface area contributed by atoms with Gasteiger partial charge in [0, 0.05) is 23.0 Å². The smallest absolute Gasteiger partial charge is 0.350 e. The van der Waals surface area contributed by atoms with Gasteiger partial charge in [-0.15, -0.1) is 0 Å². The number of nitrogens with one attached hydrogen (secondary N) is 2. The molecule has 0 heterocycles. The van der Waals surface area contributed by atoms with E-state index in [1.54, 1.807) is 30.3 Å². The SMILES string of the molecule is COC(=O)/C(C#N)=C/Nc1cccc(NC(=O)C(C)(C)C)c1. The molecule has 1 rings (SSSR count). The molecule has 0 unspecified atom stereocenters. The fourth-order valence-electron chi connectivity index (χ4n) is 1.41. The number of ether oxygens (including phenoxy) is 1. The number of carbonyl (C=O) groups excluding carboxylic acids is 2. The van der Waals surface area contributed by atoms with Crippen molar-refractivity contribution in [1.29, 1.82) is 5.26 Å². The van der Waals surface area contributed by atoms with Gasteiger partial charge in [0.1, 0.15) is 6.07 Å². The molecule has 0 fully saturated rings. The van der Waals surface area contributed by atoms with E-state index in [0.29, 0.717) is 11.4 Å². The third-order valence-corrected chi connectivity index (χ3v) is 2.71. The van der Waals surface area contributed by atoms with Gasteiger partial charge in [-0.2, -0.15) is 5.26 Å². The summed E-state index contributed by atoms with van der Waals surface area (Å²) in [6.45, 7) is 5.47. The van der Waals surface area contributed by atoms with Crippen molar-refractivity contribution in [2.45, 2.75) is 20.8 Å². The predicted octanol–water partition coefficient (Wildman–Crippen LogP) is 2.66. The minimum absolute atomic E-state index is 0.104. The molecule has 6 heteroatoms. The first-order valence-corrected chi connectivity index (χ1v) is 6.64. The summed E-state index contributed by atoms with van der Waals surface area (Å²) in [6.07, 6.45) is 1.26. The van der Waals surface area contributed by atoms with Crippen molar-refractivity contribution >= 4 is 23.3 Å². The highest BCUT2D eigenvalue weighted by Gasteiger charge is 2.21. The zero-order valence-corrected chi connectivity index (χ0v) is 13.1. The van der Waals surface area contributed by atoms with Crippen molar-refractivity contribution in [3.63, 3.8) is 0 Å². The van der Waals surface area contributed by atoms with Crippen LogP contribution in [0.1, 0.15) is 20.8 Å². The Morgan fingerprint density at radius 3 is 2.45 bits per heavy atom. The van der Waals surface area contributed by atoms with E-state index in [2.05, 4.69) is 15.4 Å². The van der Waals surface area contributed by atoms with Crippen LogP contribution in [0.5, 0.6) is 0 Å². The first-order chi connectivity index (χ1) is 10.3. The Morgan fingerprint density at radius 2 is 1.91 bits per heavy atom. The molecule has 0 saturated heterocycles. The van der Waals surface area contributed by atoms with Crippen molar-refractivity contribution in [1.82, 2.24) is 0 Å². The fourth-order valence-corrected chi connectivity index (χ4v) is 1.41. The Labute approximate surface area is 129 Å². The summed E-state index contributed by atoms with van der Waals surface area (Å²) in [7, 11) is 1.20. The van der Waals surface area contributed by atoms with Crippen molar-refractivity contribution in [2.75, 3.05) is 17.7 Å². The number of methoxy groups -OCH3 is 1. The molecule has 0 spiro atoms. The molecule has 0 radical (unpaired) electrons. The molecule has 0 saturated carbocycles. The standard InChI is InChI=1S/C16H19N3O3/c1-16(2,3)15(21)19-13-7-5-6-12(8-13)18-10-11(9-17)14(20)22-4/h5-8,10,18H,1-4H3,(H,19,21)/b11-10+. The average Bonchev–Trinajstić information content (AvgIpc) is 2.47. The van der Waals surface area contributed by atoms with Gasteiger partial charge in [-0.25, -0.2) is 4.79 Å². The van der Waals surface area contributed by atoms with Crippen molar-refractivity contribution in [3.8, 4) is 6.07 Å². The quantitative estimate of drug-likeness (QED) is 0.507. The maximum atomic E-state index is 11.9. The van der Waals surface area contributed by atoms with Gasteiger partial charge >= 0.3 is 5.97 Å². The molecule has 22 heavy (non-hydrogen) atoms. The van der Waals surface area contributed by atoms with Crippen LogP contribution in [-0.4, -0.2) is 19.0 Å². The van der Waals surface area contributed by atoms with Gasteiger partial charge in [-0.1, -0.05) is 26.8 Å². The average molecular weight is 301 g/mol. The Bertz CT molecular complexity index is 637. The number of nitrogens with zero attached hydrogens (tertiary/aromatic N) is 1.